The van der Waals surface area contributed by atoms with Gasteiger partial charge in [-0.2, -0.15) is 0 Å². The lowest BCUT2D eigenvalue weighted by Crippen LogP contribution is -2.46. The first-order valence-corrected chi connectivity index (χ1v) is 6.10. The number of aromatic nitrogens is 1. The highest BCUT2D eigenvalue weighted by atomic mass is 16.4. The fraction of sp³-hybridized carbons (Fsp3) is 0.538. The highest BCUT2D eigenvalue weighted by Gasteiger charge is 2.29. The predicted octanol–water partition coefficient (Wildman–Crippen LogP) is 0.942. The Bertz CT molecular complexity index is 462. The molecule has 0 aliphatic rings. The van der Waals surface area contributed by atoms with Crippen LogP contribution in [-0.2, 0) is 0 Å². The van der Waals surface area contributed by atoms with Gasteiger partial charge in [-0.25, -0.2) is 9.78 Å². The van der Waals surface area contributed by atoms with E-state index in [1.54, 1.807) is 26.8 Å². The van der Waals surface area contributed by atoms with Crippen LogP contribution in [0.2, 0.25) is 0 Å². The number of rotatable bonds is 6. The van der Waals surface area contributed by atoms with Crippen LogP contribution < -0.4 is 5.32 Å². The lowest BCUT2D eigenvalue weighted by atomic mass is 9.97. The summed E-state index contributed by atoms with van der Waals surface area (Å²) in [6, 6.07) is 1.68. The smallest absolute Gasteiger partial charge is 0.339 e. The van der Waals surface area contributed by atoms with Gasteiger partial charge in [0.25, 0.3) is 0 Å². The summed E-state index contributed by atoms with van der Waals surface area (Å²) in [5.41, 5.74) is 0.344. The molecule has 0 radical (unpaired) electrons. The van der Waals surface area contributed by atoms with Crippen molar-refractivity contribution in [3.8, 4) is 0 Å². The molecule has 1 aromatic heterocycles. The van der Waals surface area contributed by atoms with Crippen LogP contribution >= 0.6 is 0 Å². The number of aryl methyl sites for hydroxylation is 2. The van der Waals surface area contributed by atoms with Crippen LogP contribution in [0, 0.1) is 13.8 Å². The van der Waals surface area contributed by atoms with E-state index in [1.807, 2.05) is 0 Å². The standard InChI is InChI=1S/C13H20N2O4/c1-4-13(6-16,7-17)15-11-10(12(18)19)8(2)5-9(3)14-11/h5,16-17H,4,6-7H2,1-3H3,(H,14,15)(H,18,19). The van der Waals surface area contributed by atoms with Crippen LogP contribution in [0.25, 0.3) is 0 Å². The van der Waals surface area contributed by atoms with Gasteiger partial charge in [0.1, 0.15) is 11.4 Å². The van der Waals surface area contributed by atoms with Gasteiger partial charge < -0.3 is 20.6 Å². The molecular weight excluding hydrogens is 248 g/mol. The van der Waals surface area contributed by atoms with Gasteiger partial charge in [-0.1, -0.05) is 6.92 Å². The number of aliphatic hydroxyl groups excluding tert-OH is 2. The van der Waals surface area contributed by atoms with Gasteiger partial charge >= 0.3 is 5.97 Å². The zero-order valence-corrected chi connectivity index (χ0v) is 11.4. The third-order valence-electron chi connectivity index (χ3n) is 3.22. The van der Waals surface area contributed by atoms with E-state index in [9.17, 15) is 20.1 Å². The molecule has 0 unspecified atom stereocenters. The monoisotopic (exact) mass is 268 g/mol. The second kappa shape index (κ2) is 5.99. The SMILES string of the molecule is CCC(CO)(CO)Nc1nc(C)cc(C)c1C(=O)O. The molecule has 0 atom stereocenters. The van der Waals surface area contributed by atoms with Crippen molar-refractivity contribution in [3.63, 3.8) is 0 Å². The average Bonchev–Trinajstić information content (AvgIpc) is 2.34. The van der Waals surface area contributed by atoms with E-state index < -0.39 is 11.5 Å². The Morgan fingerprint density at radius 3 is 2.37 bits per heavy atom. The average molecular weight is 268 g/mol. The first kappa shape index (κ1) is 15.4. The van der Waals surface area contributed by atoms with Gasteiger partial charge in [-0.05, 0) is 31.9 Å². The minimum Gasteiger partial charge on any atom is -0.478 e. The van der Waals surface area contributed by atoms with Gasteiger partial charge in [0.05, 0.1) is 18.8 Å². The normalized spacial score (nSPS) is 11.4. The molecule has 4 N–H and O–H groups in total. The number of hydrogen-bond donors (Lipinski definition) is 4. The number of carbonyl (C=O) groups is 1. The Balaban J connectivity index is 3.30. The van der Waals surface area contributed by atoms with Crippen LogP contribution in [-0.4, -0.2) is 45.0 Å². The fourth-order valence-corrected chi connectivity index (χ4v) is 1.89. The lowest BCUT2D eigenvalue weighted by Gasteiger charge is -2.31. The fourth-order valence-electron chi connectivity index (χ4n) is 1.89. The first-order valence-electron chi connectivity index (χ1n) is 6.10. The van der Waals surface area contributed by atoms with Crippen LogP contribution in [0.1, 0.15) is 35.0 Å². The molecular formula is C13H20N2O4. The predicted molar refractivity (Wildman–Crippen MR) is 71.5 cm³/mol. The van der Waals surface area contributed by atoms with Crippen LogP contribution in [0.15, 0.2) is 6.07 Å². The third-order valence-corrected chi connectivity index (χ3v) is 3.22. The summed E-state index contributed by atoms with van der Waals surface area (Å²) in [5.74, 6) is -0.914. The number of carboxylic acids is 1. The number of nitrogens with zero attached hydrogens (tertiary/aromatic N) is 1. The number of carboxylic acid groups (broad SMARTS) is 1. The maximum absolute atomic E-state index is 11.3. The van der Waals surface area contributed by atoms with E-state index in [0.29, 0.717) is 17.7 Å². The summed E-state index contributed by atoms with van der Waals surface area (Å²) in [6.07, 6.45) is 0.438. The van der Waals surface area contributed by atoms with E-state index in [4.69, 9.17) is 0 Å². The van der Waals surface area contributed by atoms with Crippen LogP contribution in [0.3, 0.4) is 0 Å². The third kappa shape index (κ3) is 3.21. The van der Waals surface area contributed by atoms with Crippen molar-refractivity contribution >= 4 is 11.8 Å². The topological polar surface area (TPSA) is 103 Å². The van der Waals surface area contributed by atoms with E-state index in [1.165, 1.54) is 0 Å². The van der Waals surface area contributed by atoms with Crippen molar-refractivity contribution in [2.75, 3.05) is 18.5 Å². The molecule has 0 amide bonds. The molecule has 0 aromatic carbocycles. The number of nitrogens with one attached hydrogen (secondary N) is 1. The molecule has 0 aliphatic carbocycles. The van der Waals surface area contributed by atoms with E-state index in [-0.39, 0.29) is 24.6 Å². The Labute approximate surface area is 112 Å². The minimum atomic E-state index is -1.09. The molecule has 6 nitrogen and oxygen atoms in total. The Hall–Kier alpha value is -1.66. The molecule has 0 fully saturated rings. The molecule has 6 heteroatoms. The van der Waals surface area contributed by atoms with Gasteiger partial charge in [-0.3, -0.25) is 0 Å². The van der Waals surface area contributed by atoms with Crippen LogP contribution in [0.5, 0.6) is 0 Å². The number of anilines is 1. The zero-order valence-electron chi connectivity index (χ0n) is 11.4. The summed E-state index contributed by atoms with van der Waals surface area (Å²) in [4.78, 5) is 15.5. The highest BCUT2D eigenvalue weighted by molar-refractivity contribution is 5.95. The molecule has 19 heavy (non-hydrogen) atoms. The first-order chi connectivity index (χ1) is 8.89. The molecule has 0 saturated carbocycles. The molecule has 0 saturated heterocycles. The van der Waals surface area contributed by atoms with Crippen molar-refractivity contribution in [1.82, 2.24) is 4.98 Å². The maximum atomic E-state index is 11.3. The van der Waals surface area contributed by atoms with Crippen molar-refractivity contribution in [1.29, 1.82) is 0 Å². The quantitative estimate of drug-likeness (QED) is 0.612. The van der Waals surface area contributed by atoms with Gasteiger partial charge in [0.15, 0.2) is 0 Å². The summed E-state index contributed by atoms with van der Waals surface area (Å²) < 4.78 is 0. The molecule has 1 heterocycles. The van der Waals surface area contributed by atoms with E-state index in [2.05, 4.69) is 10.3 Å². The Morgan fingerprint density at radius 2 is 1.95 bits per heavy atom. The molecule has 1 aromatic rings. The van der Waals surface area contributed by atoms with Crippen LogP contribution in [0.4, 0.5) is 5.82 Å². The van der Waals surface area contributed by atoms with Crippen molar-refractivity contribution in [3.05, 3.63) is 22.9 Å². The van der Waals surface area contributed by atoms with Crippen molar-refractivity contribution in [2.24, 2.45) is 0 Å². The largest absolute Gasteiger partial charge is 0.478 e. The molecule has 0 aliphatic heterocycles. The van der Waals surface area contributed by atoms with Gasteiger partial charge in [-0.15, -0.1) is 0 Å². The second-order valence-electron chi connectivity index (χ2n) is 4.68. The maximum Gasteiger partial charge on any atom is 0.339 e. The highest BCUT2D eigenvalue weighted by Crippen LogP contribution is 2.23. The van der Waals surface area contributed by atoms with E-state index >= 15 is 0 Å². The molecule has 1 rings (SSSR count). The Kier molecular flexibility index (Phi) is 4.85. The number of pyridine rings is 1. The number of hydrogen-bond acceptors (Lipinski definition) is 5. The summed E-state index contributed by atoms with van der Waals surface area (Å²) >= 11 is 0. The van der Waals surface area contributed by atoms with E-state index in [0.717, 1.165) is 0 Å². The van der Waals surface area contributed by atoms with Crippen molar-refractivity contribution < 1.29 is 20.1 Å². The number of aliphatic hydroxyl groups is 2. The molecule has 106 valence electrons. The molecule has 0 spiro atoms. The Morgan fingerprint density at radius 1 is 1.37 bits per heavy atom. The summed E-state index contributed by atoms with van der Waals surface area (Å²) in [5, 5.41) is 30.9. The van der Waals surface area contributed by atoms with Gasteiger partial charge in [0, 0.05) is 5.69 Å². The van der Waals surface area contributed by atoms with Crippen molar-refractivity contribution in [2.45, 2.75) is 32.7 Å². The lowest BCUT2D eigenvalue weighted by molar-refractivity contribution is 0.0695. The minimum absolute atomic E-state index is 0.0605. The number of aromatic carboxylic acids is 1. The summed E-state index contributed by atoms with van der Waals surface area (Å²) in [7, 11) is 0. The molecule has 0 bridgehead atoms. The zero-order chi connectivity index (χ0) is 14.6. The summed E-state index contributed by atoms with van der Waals surface area (Å²) in [6.45, 7) is 4.62. The van der Waals surface area contributed by atoms with Gasteiger partial charge in [0.2, 0.25) is 0 Å². The second-order valence-corrected chi connectivity index (χ2v) is 4.68.